The Morgan fingerprint density at radius 1 is 0.413 bits per heavy atom. The number of hydrogen-bond donors (Lipinski definition) is 2. The Hall–Kier alpha value is -0.650. The van der Waals surface area contributed by atoms with Crippen molar-refractivity contribution in [2.75, 3.05) is 0 Å². The SMILES string of the molecule is CCCCCCCCCCCCCCCCCC/C(=C\C(=O)O)C(=O)O.CCCCCCCCCCCCCCCCC[C](=O)[Na]. The van der Waals surface area contributed by atoms with E-state index in [1.54, 1.807) is 0 Å². The molecule has 0 aliphatic carbocycles. The van der Waals surface area contributed by atoms with Gasteiger partial charge in [-0.2, -0.15) is 0 Å². The second-order valence-electron chi connectivity index (χ2n) is 13.8. The summed E-state index contributed by atoms with van der Waals surface area (Å²) in [6.07, 6.45) is 43.3. The quantitative estimate of drug-likeness (QED) is 0.0401. The molecule has 6 heteroatoms. The molecule has 0 aliphatic heterocycles. The third-order valence-electron chi connectivity index (χ3n) is 9.00. The molecular formula is C40H75NaO5. The van der Waals surface area contributed by atoms with Gasteiger partial charge in [-0.3, -0.25) is 0 Å². The van der Waals surface area contributed by atoms with Crippen LogP contribution in [0.1, 0.15) is 226 Å². The normalized spacial score (nSPS) is 11.3. The summed E-state index contributed by atoms with van der Waals surface area (Å²) >= 11 is 0.751. The number of unbranched alkanes of at least 4 members (excludes halogenated alkanes) is 29. The standard InChI is InChI=1S/C22H40O4.C18H35O.Na/c1-2-3-4-5-6-7-8-9-10-11-12-13-14-15-16-17-18-20(22(25)26)19-21(23)24;1-2-3-4-5-6-7-8-9-10-11-12-13-14-15-16-17-18-19;/h19H,2-18H2,1H3,(H,23,24)(H,25,26);2-17H2,1H3;/b20-19+;;. The monoisotopic (exact) mass is 659 g/mol. The van der Waals surface area contributed by atoms with Crippen molar-refractivity contribution in [1.29, 1.82) is 0 Å². The molecule has 0 spiro atoms. The predicted octanol–water partition coefficient (Wildman–Crippen LogP) is 12.7. The van der Waals surface area contributed by atoms with Crippen LogP contribution in [0.2, 0.25) is 0 Å². The number of hydrogen-bond acceptors (Lipinski definition) is 3. The molecule has 0 bridgehead atoms. The van der Waals surface area contributed by atoms with Crippen LogP contribution in [0, 0.1) is 0 Å². The van der Waals surface area contributed by atoms with Crippen LogP contribution in [0.5, 0.6) is 0 Å². The van der Waals surface area contributed by atoms with Crippen molar-refractivity contribution in [2.24, 2.45) is 0 Å². The van der Waals surface area contributed by atoms with Crippen LogP contribution >= 0.6 is 0 Å². The average Bonchev–Trinajstić information content (AvgIpc) is 3.02. The maximum atomic E-state index is 10.9. The molecule has 0 aromatic rings. The molecule has 46 heavy (non-hydrogen) atoms. The fraction of sp³-hybridized carbons (Fsp3) is 0.875. The number of carbonyl (C=O) groups excluding carboxylic acids is 1. The first-order chi connectivity index (χ1) is 22.3. The first kappa shape index (κ1) is 47.5. The Morgan fingerprint density at radius 2 is 0.652 bits per heavy atom. The van der Waals surface area contributed by atoms with E-state index in [4.69, 9.17) is 10.2 Å². The van der Waals surface area contributed by atoms with Crippen LogP contribution in [0.3, 0.4) is 0 Å². The minimum absolute atomic E-state index is 0.00265. The van der Waals surface area contributed by atoms with E-state index in [2.05, 4.69) is 13.8 Å². The molecule has 2 N–H and O–H groups in total. The van der Waals surface area contributed by atoms with Crippen molar-refractivity contribution in [3.8, 4) is 0 Å². The van der Waals surface area contributed by atoms with Gasteiger partial charge >= 0.3 is 118 Å². The number of carboxylic acids is 2. The van der Waals surface area contributed by atoms with E-state index >= 15 is 0 Å². The van der Waals surface area contributed by atoms with Crippen LogP contribution in [-0.2, 0) is 14.4 Å². The molecule has 0 atom stereocenters. The van der Waals surface area contributed by atoms with Gasteiger partial charge in [0.2, 0.25) is 0 Å². The summed E-state index contributed by atoms with van der Waals surface area (Å²) in [5, 5.41) is 17.5. The van der Waals surface area contributed by atoms with Crippen molar-refractivity contribution in [2.45, 2.75) is 226 Å². The molecule has 0 saturated heterocycles. The molecule has 0 unspecified atom stereocenters. The molecular weight excluding hydrogens is 583 g/mol. The molecule has 0 heterocycles. The Labute approximate surface area is 303 Å². The number of rotatable bonds is 35. The number of carbonyl (C=O) groups is 3. The summed E-state index contributed by atoms with van der Waals surface area (Å²) in [7, 11) is 0. The van der Waals surface area contributed by atoms with E-state index in [9.17, 15) is 14.4 Å². The van der Waals surface area contributed by atoms with Gasteiger partial charge < -0.3 is 10.2 Å². The predicted molar refractivity (Wildman–Crippen MR) is 198 cm³/mol. The van der Waals surface area contributed by atoms with Gasteiger partial charge in [0.05, 0.1) is 0 Å². The second-order valence-corrected chi connectivity index (χ2v) is 14.9. The summed E-state index contributed by atoms with van der Waals surface area (Å²) < 4.78 is 0.486. The summed E-state index contributed by atoms with van der Waals surface area (Å²) in [4.78, 5) is 32.3. The molecule has 0 rings (SSSR count). The van der Waals surface area contributed by atoms with Gasteiger partial charge in [0.1, 0.15) is 0 Å². The molecule has 0 aromatic carbocycles. The second kappa shape index (κ2) is 40.5. The molecule has 0 aromatic heterocycles. The van der Waals surface area contributed by atoms with E-state index in [-0.39, 0.29) is 5.57 Å². The molecule has 0 fully saturated rings. The molecule has 5 nitrogen and oxygen atoms in total. The van der Waals surface area contributed by atoms with Crippen LogP contribution in [0.25, 0.3) is 0 Å². The maximum absolute atomic E-state index is 10.9. The van der Waals surface area contributed by atoms with Crippen LogP contribution in [0.4, 0.5) is 0 Å². The van der Waals surface area contributed by atoms with E-state index < -0.39 is 11.9 Å². The summed E-state index contributed by atoms with van der Waals surface area (Å²) in [6, 6.07) is 0. The van der Waals surface area contributed by atoms with Crippen molar-refractivity contribution >= 4 is 42.9 Å². The van der Waals surface area contributed by atoms with Gasteiger partial charge in [-0.25, -0.2) is 9.59 Å². The van der Waals surface area contributed by atoms with E-state index in [1.807, 2.05) is 0 Å². The zero-order valence-corrected chi connectivity index (χ0v) is 33.0. The Bertz CT molecular complexity index is 706. The van der Waals surface area contributed by atoms with Crippen LogP contribution < -0.4 is 0 Å². The molecule has 266 valence electrons. The Kier molecular flexibility index (Phi) is 41.8. The molecule has 0 amide bonds. The zero-order chi connectivity index (χ0) is 34.4. The van der Waals surface area contributed by atoms with Crippen LogP contribution in [-0.4, -0.2) is 53.1 Å². The van der Waals surface area contributed by atoms with E-state index in [0.717, 1.165) is 66.1 Å². The minimum atomic E-state index is -1.18. The van der Waals surface area contributed by atoms with Gasteiger partial charge in [0.15, 0.2) is 0 Å². The molecule has 0 radical (unpaired) electrons. The van der Waals surface area contributed by atoms with Gasteiger partial charge in [-0.1, -0.05) is 142 Å². The number of carboxylic acid groups (broad SMARTS) is 2. The topological polar surface area (TPSA) is 91.7 Å². The summed E-state index contributed by atoms with van der Waals surface area (Å²) in [5.41, 5.74) is 0.00265. The Morgan fingerprint density at radius 3 is 0.870 bits per heavy atom. The van der Waals surface area contributed by atoms with Gasteiger partial charge in [0.25, 0.3) is 0 Å². The first-order valence-corrected chi connectivity index (χ1v) is 21.0. The van der Waals surface area contributed by atoms with E-state index in [0.29, 0.717) is 9.45 Å². The fourth-order valence-electron chi connectivity index (χ4n) is 6.00. The Balaban J connectivity index is 0. The third-order valence-corrected chi connectivity index (χ3v) is 9.50. The van der Waals surface area contributed by atoms with Crippen molar-refractivity contribution in [3.05, 3.63) is 11.6 Å². The van der Waals surface area contributed by atoms with Crippen molar-refractivity contribution in [3.63, 3.8) is 0 Å². The summed E-state index contributed by atoms with van der Waals surface area (Å²) in [6.45, 7) is 4.54. The molecule has 0 saturated carbocycles. The first-order valence-electron chi connectivity index (χ1n) is 20.0. The van der Waals surface area contributed by atoms with Gasteiger partial charge in [-0.15, -0.1) is 0 Å². The summed E-state index contributed by atoms with van der Waals surface area (Å²) in [5.74, 6) is -2.30. The third kappa shape index (κ3) is 43.4. The van der Waals surface area contributed by atoms with Crippen LogP contribution in [0.15, 0.2) is 11.6 Å². The van der Waals surface area contributed by atoms with Gasteiger partial charge in [-0.05, 0) is 12.8 Å². The van der Waals surface area contributed by atoms with E-state index in [1.165, 1.54) is 173 Å². The van der Waals surface area contributed by atoms with Crippen molar-refractivity contribution in [1.82, 2.24) is 0 Å². The molecule has 0 aliphatic rings. The number of aliphatic carboxylic acids is 2. The van der Waals surface area contributed by atoms with Gasteiger partial charge in [0, 0.05) is 11.6 Å². The van der Waals surface area contributed by atoms with Crippen molar-refractivity contribution < 1.29 is 24.6 Å². The zero-order valence-electron chi connectivity index (χ0n) is 31.0. The average molecular weight is 659 g/mol. The fourth-order valence-corrected chi connectivity index (χ4v) is 6.35.